The molecule has 2 N–H and O–H groups in total. The van der Waals surface area contributed by atoms with Gasteiger partial charge in [0.05, 0.1) is 59.4 Å². The Bertz CT molecular complexity index is 285. The van der Waals surface area contributed by atoms with Gasteiger partial charge in [0.1, 0.15) is 6.17 Å². The Morgan fingerprint density at radius 3 is 2.00 bits per heavy atom. The molecule has 24 heavy (non-hydrogen) atoms. The summed E-state index contributed by atoms with van der Waals surface area (Å²) in [4.78, 5) is 11.0. The Kier molecular flexibility index (Phi) is 17.9. The Labute approximate surface area is 144 Å². The van der Waals surface area contributed by atoms with Crippen molar-refractivity contribution in [2.75, 3.05) is 72.5 Å². The highest BCUT2D eigenvalue weighted by atomic mass is 19.1. The molecule has 0 fully saturated rings. The maximum Gasteiger partial charge on any atom is 0.219 e. The van der Waals surface area contributed by atoms with Gasteiger partial charge in [-0.25, -0.2) is 4.39 Å². The fourth-order valence-corrected chi connectivity index (χ4v) is 1.60. The van der Waals surface area contributed by atoms with Gasteiger partial charge in [0.2, 0.25) is 5.91 Å². The van der Waals surface area contributed by atoms with Gasteiger partial charge in [-0.2, -0.15) is 0 Å². The molecule has 0 saturated heterocycles. The second-order valence-electron chi connectivity index (χ2n) is 5.02. The van der Waals surface area contributed by atoms with Crippen LogP contribution in [0, 0.1) is 0 Å². The monoisotopic (exact) mass is 352 g/mol. The third-order valence-electron chi connectivity index (χ3n) is 2.93. The lowest BCUT2D eigenvalue weighted by molar-refractivity contribution is -0.121. The number of amides is 1. The lowest BCUT2D eigenvalue weighted by Gasteiger charge is -2.10. The Morgan fingerprint density at radius 1 is 0.917 bits per heavy atom. The summed E-state index contributed by atoms with van der Waals surface area (Å²) >= 11 is 0. The van der Waals surface area contributed by atoms with Crippen molar-refractivity contribution in [1.29, 1.82) is 0 Å². The van der Waals surface area contributed by atoms with Crippen molar-refractivity contribution in [3.05, 3.63) is 0 Å². The zero-order valence-electron chi connectivity index (χ0n) is 15.0. The summed E-state index contributed by atoms with van der Waals surface area (Å²) in [5, 5.41) is 5.64. The van der Waals surface area contributed by atoms with Gasteiger partial charge in [-0.3, -0.25) is 4.79 Å². The third kappa shape index (κ3) is 17.6. The van der Waals surface area contributed by atoms with E-state index in [1.807, 2.05) is 0 Å². The first-order valence-corrected chi connectivity index (χ1v) is 8.63. The molecule has 1 amide bonds. The van der Waals surface area contributed by atoms with Gasteiger partial charge in [0.15, 0.2) is 0 Å². The van der Waals surface area contributed by atoms with E-state index < -0.39 is 6.17 Å². The van der Waals surface area contributed by atoms with Crippen LogP contribution in [0.15, 0.2) is 0 Å². The van der Waals surface area contributed by atoms with Crippen LogP contribution in [0.2, 0.25) is 0 Å². The molecule has 0 aromatic rings. The van der Waals surface area contributed by atoms with Gasteiger partial charge in [-0.05, 0) is 6.54 Å². The minimum atomic E-state index is -1.20. The first kappa shape index (κ1) is 23.2. The standard InChI is InChI=1S/C16H33FN2O5/c1-3-16(20)19-13-15(17)14-24-12-11-23-10-9-22-8-7-21-6-5-18-4-2/h15,18H,3-14H2,1-2H3,(H,19,20). The summed E-state index contributed by atoms with van der Waals surface area (Å²) in [6, 6.07) is 0. The topological polar surface area (TPSA) is 78.1 Å². The maximum absolute atomic E-state index is 13.3. The summed E-state index contributed by atoms with van der Waals surface area (Å²) in [5.41, 5.74) is 0. The van der Waals surface area contributed by atoms with Crippen LogP contribution in [-0.4, -0.2) is 84.6 Å². The Balaban J connectivity index is 3.13. The number of hydrogen-bond donors (Lipinski definition) is 2. The first-order valence-electron chi connectivity index (χ1n) is 8.63. The number of ether oxygens (including phenoxy) is 4. The molecule has 0 aliphatic heterocycles. The van der Waals surface area contributed by atoms with E-state index in [4.69, 9.17) is 18.9 Å². The van der Waals surface area contributed by atoms with E-state index in [2.05, 4.69) is 17.6 Å². The molecule has 7 nitrogen and oxygen atoms in total. The number of halogens is 1. The molecule has 0 heterocycles. The van der Waals surface area contributed by atoms with Crippen LogP contribution >= 0.6 is 0 Å². The number of alkyl halides is 1. The summed E-state index contributed by atoms with van der Waals surface area (Å²) in [6.45, 7) is 8.96. The zero-order chi connectivity index (χ0) is 17.9. The second-order valence-corrected chi connectivity index (χ2v) is 5.02. The number of carbonyl (C=O) groups excluding carboxylic acids is 1. The molecule has 0 aromatic heterocycles. The van der Waals surface area contributed by atoms with E-state index in [0.717, 1.165) is 13.1 Å². The molecular formula is C16H33FN2O5. The molecule has 0 spiro atoms. The molecule has 0 radical (unpaired) electrons. The lowest BCUT2D eigenvalue weighted by Crippen LogP contribution is -2.32. The molecule has 144 valence electrons. The van der Waals surface area contributed by atoms with Crippen LogP contribution in [-0.2, 0) is 23.7 Å². The van der Waals surface area contributed by atoms with E-state index in [9.17, 15) is 9.18 Å². The summed E-state index contributed by atoms with van der Waals surface area (Å²) in [5.74, 6) is -0.163. The van der Waals surface area contributed by atoms with Crippen LogP contribution < -0.4 is 10.6 Å². The lowest BCUT2D eigenvalue weighted by atomic mass is 10.4. The fraction of sp³-hybridized carbons (Fsp3) is 0.938. The number of nitrogens with one attached hydrogen (secondary N) is 2. The molecule has 0 aliphatic rings. The smallest absolute Gasteiger partial charge is 0.219 e. The molecule has 1 unspecified atom stereocenters. The highest BCUT2D eigenvalue weighted by molar-refractivity contribution is 5.75. The van der Waals surface area contributed by atoms with Crippen LogP contribution in [0.5, 0.6) is 0 Å². The van der Waals surface area contributed by atoms with Crippen LogP contribution in [0.25, 0.3) is 0 Å². The van der Waals surface area contributed by atoms with Crippen molar-refractivity contribution >= 4 is 5.91 Å². The molecule has 0 saturated carbocycles. The van der Waals surface area contributed by atoms with Crippen molar-refractivity contribution in [2.24, 2.45) is 0 Å². The van der Waals surface area contributed by atoms with Crippen LogP contribution in [0.3, 0.4) is 0 Å². The van der Waals surface area contributed by atoms with Gasteiger partial charge >= 0.3 is 0 Å². The normalized spacial score (nSPS) is 12.3. The van der Waals surface area contributed by atoms with Crippen molar-refractivity contribution in [3.8, 4) is 0 Å². The van der Waals surface area contributed by atoms with Crippen molar-refractivity contribution in [3.63, 3.8) is 0 Å². The predicted octanol–water partition coefficient (Wildman–Crippen LogP) is 0.527. The van der Waals surface area contributed by atoms with E-state index in [1.54, 1.807) is 6.92 Å². The predicted molar refractivity (Wildman–Crippen MR) is 90.0 cm³/mol. The summed E-state index contributed by atoms with van der Waals surface area (Å²) in [7, 11) is 0. The van der Waals surface area contributed by atoms with E-state index >= 15 is 0 Å². The third-order valence-corrected chi connectivity index (χ3v) is 2.93. The largest absolute Gasteiger partial charge is 0.378 e. The van der Waals surface area contributed by atoms with E-state index in [-0.39, 0.29) is 19.1 Å². The van der Waals surface area contributed by atoms with Gasteiger partial charge < -0.3 is 29.6 Å². The molecular weight excluding hydrogens is 319 g/mol. The number of carbonyl (C=O) groups is 1. The molecule has 0 aromatic carbocycles. The zero-order valence-corrected chi connectivity index (χ0v) is 15.0. The minimum Gasteiger partial charge on any atom is -0.378 e. The molecule has 1 atom stereocenters. The van der Waals surface area contributed by atoms with Gasteiger partial charge in [0, 0.05) is 13.0 Å². The maximum atomic E-state index is 13.3. The highest BCUT2D eigenvalue weighted by Gasteiger charge is 2.07. The SMILES string of the molecule is CCNCCOCCOCCOCCOCC(F)CNC(=O)CC. The van der Waals surface area contributed by atoms with Crippen LogP contribution in [0.1, 0.15) is 20.3 Å². The quantitative estimate of drug-likeness (QED) is 0.350. The number of likely N-dealkylation sites (N-methyl/N-ethyl adjacent to an activating group) is 1. The Hall–Kier alpha value is -0.800. The van der Waals surface area contributed by atoms with Crippen molar-refractivity contribution in [1.82, 2.24) is 10.6 Å². The molecule has 8 heteroatoms. The Morgan fingerprint density at radius 2 is 1.46 bits per heavy atom. The van der Waals surface area contributed by atoms with E-state index in [1.165, 1.54) is 0 Å². The van der Waals surface area contributed by atoms with Crippen molar-refractivity contribution in [2.45, 2.75) is 26.4 Å². The summed E-state index contributed by atoms with van der Waals surface area (Å²) in [6.07, 6.45) is -0.845. The molecule has 0 bridgehead atoms. The van der Waals surface area contributed by atoms with E-state index in [0.29, 0.717) is 52.7 Å². The second kappa shape index (κ2) is 18.5. The number of rotatable bonds is 18. The summed E-state index contributed by atoms with van der Waals surface area (Å²) < 4.78 is 34.5. The van der Waals surface area contributed by atoms with Gasteiger partial charge in [0.25, 0.3) is 0 Å². The van der Waals surface area contributed by atoms with Gasteiger partial charge in [-0.1, -0.05) is 13.8 Å². The molecule has 0 rings (SSSR count). The first-order chi connectivity index (χ1) is 11.7. The highest BCUT2D eigenvalue weighted by Crippen LogP contribution is 1.91. The fourth-order valence-electron chi connectivity index (χ4n) is 1.60. The van der Waals surface area contributed by atoms with Crippen molar-refractivity contribution < 1.29 is 28.1 Å². The number of hydrogen-bond acceptors (Lipinski definition) is 6. The average molecular weight is 352 g/mol. The van der Waals surface area contributed by atoms with Crippen LogP contribution in [0.4, 0.5) is 4.39 Å². The molecule has 0 aliphatic carbocycles. The minimum absolute atomic E-state index is 0.0159. The average Bonchev–Trinajstić information content (AvgIpc) is 2.59. The van der Waals surface area contributed by atoms with Gasteiger partial charge in [-0.15, -0.1) is 0 Å².